The highest BCUT2D eigenvalue weighted by atomic mass is 16.5. The lowest BCUT2D eigenvalue weighted by Crippen LogP contribution is -2.51. The molecule has 2 rings (SSSR count). The molecule has 0 aromatic rings. The maximum Gasteiger partial charge on any atom is 0.237 e. The van der Waals surface area contributed by atoms with E-state index in [0.29, 0.717) is 31.7 Å². The van der Waals surface area contributed by atoms with Gasteiger partial charge in [-0.3, -0.25) is 9.69 Å². The van der Waals surface area contributed by atoms with E-state index in [1.54, 1.807) is 0 Å². The van der Waals surface area contributed by atoms with Crippen molar-refractivity contribution < 1.29 is 14.6 Å². The molecule has 0 aromatic heterocycles. The third-order valence-electron chi connectivity index (χ3n) is 5.31. The molecular formula is C16H30N2O3. The van der Waals surface area contributed by atoms with Crippen molar-refractivity contribution in [3.63, 3.8) is 0 Å². The number of nitrogens with zero attached hydrogens (tertiary/aromatic N) is 1. The van der Waals surface area contributed by atoms with Crippen LogP contribution in [0.25, 0.3) is 0 Å². The van der Waals surface area contributed by atoms with Crippen molar-refractivity contribution in [2.75, 3.05) is 26.4 Å². The summed E-state index contributed by atoms with van der Waals surface area (Å²) in [5.41, 5.74) is -0.0770. The van der Waals surface area contributed by atoms with Gasteiger partial charge < -0.3 is 15.2 Å². The Morgan fingerprint density at radius 1 is 1.43 bits per heavy atom. The minimum absolute atomic E-state index is 0.0770. The van der Waals surface area contributed by atoms with Gasteiger partial charge in [-0.2, -0.15) is 0 Å². The molecule has 4 unspecified atom stereocenters. The lowest BCUT2D eigenvalue weighted by Gasteiger charge is -2.33. The highest BCUT2D eigenvalue weighted by molar-refractivity contribution is 5.81. The number of aliphatic hydroxyl groups is 1. The molecular weight excluding hydrogens is 268 g/mol. The highest BCUT2D eigenvalue weighted by Crippen LogP contribution is 2.31. The number of rotatable bonds is 6. The highest BCUT2D eigenvalue weighted by Gasteiger charge is 2.37. The Bertz CT molecular complexity index is 345. The predicted molar refractivity (Wildman–Crippen MR) is 82.0 cm³/mol. The number of nitrogens with one attached hydrogen (secondary N) is 1. The first-order chi connectivity index (χ1) is 9.99. The van der Waals surface area contributed by atoms with Gasteiger partial charge in [-0.25, -0.2) is 0 Å². The van der Waals surface area contributed by atoms with Crippen LogP contribution in [0.3, 0.4) is 0 Å². The maximum absolute atomic E-state index is 12.5. The van der Waals surface area contributed by atoms with Gasteiger partial charge >= 0.3 is 0 Å². The van der Waals surface area contributed by atoms with Crippen molar-refractivity contribution in [1.29, 1.82) is 0 Å². The Balaban J connectivity index is 1.88. The number of carbonyl (C=O) groups is 1. The zero-order valence-electron chi connectivity index (χ0n) is 13.6. The number of aliphatic hydroxyl groups excluding tert-OH is 1. The van der Waals surface area contributed by atoms with E-state index in [4.69, 9.17) is 4.74 Å². The molecule has 5 heteroatoms. The Hall–Kier alpha value is -0.650. The van der Waals surface area contributed by atoms with E-state index in [9.17, 15) is 9.90 Å². The van der Waals surface area contributed by atoms with Gasteiger partial charge in [0.15, 0.2) is 0 Å². The molecule has 2 N–H and O–H groups in total. The fourth-order valence-corrected chi connectivity index (χ4v) is 3.85. The van der Waals surface area contributed by atoms with E-state index in [1.807, 2.05) is 6.92 Å². The summed E-state index contributed by atoms with van der Waals surface area (Å²) in [4.78, 5) is 14.8. The number of ether oxygens (including phenoxy) is 1. The number of hydrogen-bond acceptors (Lipinski definition) is 4. The molecule has 2 heterocycles. The topological polar surface area (TPSA) is 61.8 Å². The van der Waals surface area contributed by atoms with E-state index in [0.717, 1.165) is 13.0 Å². The molecule has 2 aliphatic rings. The number of likely N-dealkylation sites (tertiary alicyclic amines) is 1. The van der Waals surface area contributed by atoms with Crippen LogP contribution in [-0.2, 0) is 9.53 Å². The van der Waals surface area contributed by atoms with Crippen LogP contribution in [0.4, 0.5) is 0 Å². The molecule has 0 spiro atoms. The van der Waals surface area contributed by atoms with Crippen molar-refractivity contribution in [3.8, 4) is 0 Å². The van der Waals surface area contributed by atoms with Gasteiger partial charge in [-0.05, 0) is 46.5 Å². The van der Waals surface area contributed by atoms with Crippen LogP contribution in [-0.4, -0.2) is 60.4 Å². The van der Waals surface area contributed by atoms with Crippen molar-refractivity contribution in [3.05, 3.63) is 0 Å². The fourth-order valence-electron chi connectivity index (χ4n) is 3.85. The molecule has 0 bridgehead atoms. The maximum atomic E-state index is 12.5. The first-order valence-electron chi connectivity index (χ1n) is 8.23. The normalized spacial score (nSPS) is 35.0. The zero-order valence-corrected chi connectivity index (χ0v) is 13.6. The summed E-state index contributed by atoms with van der Waals surface area (Å²) >= 11 is 0. The monoisotopic (exact) mass is 298 g/mol. The van der Waals surface area contributed by atoms with Gasteiger partial charge in [0.05, 0.1) is 12.6 Å². The second-order valence-electron chi connectivity index (χ2n) is 6.89. The molecule has 0 radical (unpaired) electrons. The van der Waals surface area contributed by atoms with Gasteiger partial charge in [0.25, 0.3) is 0 Å². The Kier molecular flexibility index (Phi) is 5.63. The van der Waals surface area contributed by atoms with Crippen LogP contribution < -0.4 is 5.32 Å². The summed E-state index contributed by atoms with van der Waals surface area (Å²) in [5, 5.41) is 12.3. The van der Waals surface area contributed by atoms with Gasteiger partial charge in [0, 0.05) is 37.3 Å². The van der Waals surface area contributed by atoms with Crippen LogP contribution >= 0.6 is 0 Å². The van der Waals surface area contributed by atoms with Crippen LogP contribution in [0.15, 0.2) is 0 Å². The summed E-state index contributed by atoms with van der Waals surface area (Å²) < 4.78 is 5.47. The SMILES string of the molecule is CC1CCC(C)N1C(C)C(=O)NCC1(CCO)CCOC1. The second kappa shape index (κ2) is 7.07. The summed E-state index contributed by atoms with van der Waals surface area (Å²) in [6, 6.07) is 0.856. The van der Waals surface area contributed by atoms with Gasteiger partial charge in [0.2, 0.25) is 5.91 Å². The Morgan fingerprint density at radius 3 is 2.62 bits per heavy atom. The Labute approximate surface area is 128 Å². The predicted octanol–water partition coefficient (Wildman–Crippen LogP) is 1.15. The van der Waals surface area contributed by atoms with Crippen molar-refractivity contribution in [2.24, 2.45) is 5.41 Å². The molecule has 1 amide bonds. The smallest absolute Gasteiger partial charge is 0.237 e. The molecule has 0 aliphatic carbocycles. The largest absolute Gasteiger partial charge is 0.396 e. The van der Waals surface area contributed by atoms with Crippen molar-refractivity contribution in [1.82, 2.24) is 10.2 Å². The fraction of sp³-hybridized carbons (Fsp3) is 0.938. The van der Waals surface area contributed by atoms with E-state index >= 15 is 0 Å². The van der Waals surface area contributed by atoms with E-state index in [1.165, 1.54) is 12.8 Å². The minimum Gasteiger partial charge on any atom is -0.396 e. The average molecular weight is 298 g/mol. The van der Waals surface area contributed by atoms with E-state index in [2.05, 4.69) is 24.1 Å². The summed E-state index contributed by atoms with van der Waals surface area (Å²) in [5.74, 6) is 0.0971. The lowest BCUT2D eigenvalue weighted by molar-refractivity contribution is -0.127. The standard InChI is InChI=1S/C16H30N2O3/c1-12-4-5-13(2)18(12)14(3)15(20)17-10-16(6-8-19)7-9-21-11-16/h12-14,19H,4-11H2,1-3H3,(H,17,20). The van der Waals surface area contributed by atoms with Crippen molar-refractivity contribution >= 4 is 5.91 Å². The molecule has 0 aromatic carbocycles. The molecule has 0 saturated carbocycles. The Morgan fingerprint density at radius 2 is 2.10 bits per heavy atom. The average Bonchev–Trinajstić information content (AvgIpc) is 3.04. The van der Waals surface area contributed by atoms with Crippen LogP contribution in [0, 0.1) is 5.41 Å². The van der Waals surface area contributed by atoms with Crippen molar-refractivity contribution in [2.45, 2.75) is 64.6 Å². The third kappa shape index (κ3) is 3.76. The first kappa shape index (κ1) is 16.7. The lowest BCUT2D eigenvalue weighted by atomic mass is 9.84. The quantitative estimate of drug-likeness (QED) is 0.772. The van der Waals surface area contributed by atoms with Crippen LogP contribution in [0.2, 0.25) is 0 Å². The first-order valence-corrected chi connectivity index (χ1v) is 8.23. The zero-order chi connectivity index (χ0) is 15.5. The second-order valence-corrected chi connectivity index (χ2v) is 6.89. The van der Waals surface area contributed by atoms with Gasteiger partial charge in [-0.1, -0.05) is 0 Å². The van der Waals surface area contributed by atoms with E-state index < -0.39 is 0 Å². The molecule has 4 atom stereocenters. The summed E-state index contributed by atoms with van der Waals surface area (Å²) in [7, 11) is 0. The summed E-state index contributed by atoms with van der Waals surface area (Å²) in [6.45, 7) is 8.51. The van der Waals surface area contributed by atoms with Crippen LogP contribution in [0.1, 0.15) is 46.5 Å². The molecule has 5 nitrogen and oxygen atoms in total. The van der Waals surface area contributed by atoms with E-state index in [-0.39, 0.29) is 24.0 Å². The number of amides is 1. The third-order valence-corrected chi connectivity index (χ3v) is 5.31. The molecule has 2 aliphatic heterocycles. The molecule has 122 valence electrons. The molecule has 2 saturated heterocycles. The molecule has 2 fully saturated rings. The number of hydrogen-bond donors (Lipinski definition) is 2. The number of carbonyl (C=O) groups excluding carboxylic acids is 1. The summed E-state index contributed by atoms with van der Waals surface area (Å²) in [6.07, 6.45) is 3.94. The van der Waals surface area contributed by atoms with Gasteiger partial charge in [0.1, 0.15) is 0 Å². The molecule has 21 heavy (non-hydrogen) atoms. The minimum atomic E-state index is -0.0917. The van der Waals surface area contributed by atoms with Crippen LogP contribution in [0.5, 0.6) is 0 Å². The van der Waals surface area contributed by atoms with Gasteiger partial charge in [-0.15, -0.1) is 0 Å².